The molecule has 4 heteroatoms. The van der Waals surface area contributed by atoms with Crippen molar-refractivity contribution in [3.63, 3.8) is 0 Å². The van der Waals surface area contributed by atoms with Gasteiger partial charge in [-0.05, 0) is 32.6 Å². The number of allylic oxidation sites excluding steroid dienone is 1. The third-order valence-electron chi connectivity index (χ3n) is 2.57. The van der Waals surface area contributed by atoms with Crippen LogP contribution in [-0.2, 0) is 4.79 Å². The van der Waals surface area contributed by atoms with Gasteiger partial charge in [-0.1, -0.05) is 12.0 Å². The minimum Gasteiger partial charge on any atom is -0.349 e. The first-order chi connectivity index (χ1) is 6.72. The molecule has 88 valence electrons. The topological polar surface area (TPSA) is 55.1 Å². The molecule has 0 unspecified atom stereocenters. The van der Waals surface area contributed by atoms with E-state index in [1.165, 1.54) is 24.8 Å². The molecule has 0 aromatic carbocycles. The Kier molecular flexibility index (Phi) is 7.44. The zero-order valence-corrected chi connectivity index (χ0v) is 10.1. The van der Waals surface area contributed by atoms with Crippen molar-refractivity contribution in [1.82, 2.24) is 5.32 Å². The smallest absolute Gasteiger partial charge is 0.244 e. The van der Waals surface area contributed by atoms with E-state index in [4.69, 9.17) is 5.73 Å². The van der Waals surface area contributed by atoms with Gasteiger partial charge in [-0.3, -0.25) is 4.79 Å². The van der Waals surface area contributed by atoms with Crippen molar-refractivity contribution >= 4 is 18.3 Å². The second-order valence-electron chi connectivity index (χ2n) is 4.01. The van der Waals surface area contributed by atoms with Gasteiger partial charge in [0.15, 0.2) is 0 Å². The highest BCUT2D eigenvalue weighted by Crippen LogP contribution is 2.22. The van der Waals surface area contributed by atoms with E-state index in [0.717, 1.165) is 12.8 Å². The fourth-order valence-electron chi connectivity index (χ4n) is 1.68. The number of hydrogen-bond donors (Lipinski definition) is 2. The summed E-state index contributed by atoms with van der Waals surface area (Å²) in [5.74, 6) is 0.0138. The van der Waals surface area contributed by atoms with Crippen LogP contribution in [0.25, 0.3) is 0 Å². The minimum atomic E-state index is 0. The van der Waals surface area contributed by atoms with Gasteiger partial charge in [-0.25, -0.2) is 0 Å². The molecule has 3 N–H and O–H groups in total. The van der Waals surface area contributed by atoms with Gasteiger partial charge >= 0.3 is 0 Å². The second-order valence-corrected chi connectivity index (χ2v) is 4.01. The summed E-state index contributed by atoms with van der Waals surface area (Å²) in [6.45, 7) is 2.41. The lowest BCUT2D eigenvalue weighted by molar-refractivity contribution is -0.117. The van der Waals surface area contributed by atoms with Crippen molar-refractivity contribution < 1.29 is 4.79 Å². The maximum absolute atomic E-state index is 11.4. The standard InChI is InChI=1S/C11H20N2O.ClH/c1-9(8-12)13-11(14)7-10-5-3-2-4-6-10;/h7,9H,2-6,8,12H2,1H3,(H,13,14);1H/t9-;/m0./s1. The molecular formula is C11H21ClN2O. The third kappa shape index (κ3) is 5.80. The highest BCUT2D eigenvalue weighted by Gasteiger charge is 2.08. The average Bonchev–Trinajstić information content (AvgIpc) is 2.19. The fraction of sp³-hybridized carbons (Fsp3) is 0.727. The Balaban J connectivity index is 0.00000196. The summed E-state index contributed by atoms with van der Waals surface area (Å²) in [4.78, 5) is 11.4. The molecule has 0 heterocycles. The van der Waals surface area contributed by atoms with E-state index in [0.29, 0.717) is 6.54 Å². The van der Waals surface area contributed by atoms with Gasteiger partial charge in [-0.2, -0.15) is 0 Å². The number of halogens is 1. The Morgan fingerprint density at radius 1 is 1.47 bits per heavy atom. The molecule has 0 spiro atoms. The lowest BCUT2D eigenvalue weighted by Crippen LogP contribution is -2.37. The van der Waals surface area contributed by atoms with Crippen molar-refractivity contribution in [3.8, 4) is 0 Å². The second kappa shape index (κ2) is 7.71. The van der Waals surface area contributed by atoms with Gasteiger partial charge in [0.2, 0.25) is 5.91 Å². The molecule has 1 atom stereocenters. The predicted octanol–water partition coefficient (Wildman–Crippen LogP) is 1.76. The van der Waals surface area contributed by atoms with Crippen LogP contribution < -0.4 is 11.1 Å². The molecular weight excluding hydrogens is 212 g/mol. The minimum absolute atomic E-state index is 0. The Bertz CT molecular complexity index is 221. The lowest BCUT2D eigenvalue weighted by Gasteiger charge is -2.14. The first-order valence-corrected chi connectivity index (χ1v) is 5.42. The van der Waals surface area contributed by atoms with Crippen molar-refractivity contribution in [1.29, 1.82) is 0 Å². The normalized spacial score (nSPS) is 17.6. The fourth-order valence-corrected chi connectivity index (χ4v) is 1.68. The largest absolute Gasteiger partial charge is 0.349 e. The van der Waals surface area contributed by atoms with Gasteiger partial charge in [-0.15, -0.1) is 12.4 Å². The third-order valence-corrected chi connectivity index (χ3v) is 2.57. The molecule has 0 aromatic rings. The molecule has 0 aromatic heterocycles. The van der Waals surface area contributed by atoms with Crippen LogP contribution in [-0.4, -0.2) is 18.5 Å². The van der Waals surface area contributed by atoms with E-state index in [-0.39, 0.29) is 24.4 Å². The van der Waals surface area contributed by atoms with Gasteiger partial charge in [0.1, 0.15) is 0 Å². The highest BCUT2D eigenvalue weighted by atomic mass is 35.5. The van der Waals surface area contributed by atoms with Crippen molar-refractivity contribution in [2.45, 2.75) is 45.1 Å². The molecule has 1 saturated carbocycles. The van der Waals surface area contributed by atoms with E-state index in [1.54, 1.807) is 6.08 Å². The molecule has 1 fully saturated rings. The van der Waals surface area contributed by atoms with Gasteiger partial charge in [0, 0.05) is 18.7 Å². The van der Waals surface area contributed by atoms with Crippen LogP contribution in [0, 0.1) is 0 Å². The number of nitrogens with one attached hydrogen (secondary N) is 1. The number of amides is 1. The summed E-state index contributed by atoms with van der Waals surface area (Å²) in [6.07, 6.45) is 7.69. The quantitative estimate of drug-likeness (QED) is 0.729. The summed E-state index contributed by atoms with van der Waals surface area (Å²) < 4.78 is 0. The molecule has 0 bridgehead atoms. The Morgan fingerprint density at radius 3 is 2.60 bits per heavy atom. The summed E-state index contributed by atoms with van der Waals surface area (Å²) in [5, 5.41) is 2.84. The van der Waals surface area contributed by atoms with Crippen LogP contribution in [0.2, 0.25) is 0 Å². The summed E-state index contributed by atoms with van der Waals surface area (Å²) in [5.41, 5.74) is 6.71. The van der Waals surface area contributed by atoms with Gasteiger partial charge in [0.05, 0.1) is 0 Å². The van der Waals surface area contributed by atoms with Crippen molar-refractivity contribution in [3.05, 3.63) is 11.6 Å². The van der Waals surface area contributed by atoms with E-state index >= 15 is 0 Å². The zero-order chi connectivity index (χ0) is 10.4. The molecule has 3 nitrogen and oxygen atoms in total. The molecule has 0 radical (unpaired) electrons. The number of nitrogens with two attached hydrogens (primary N) is 1. The average molecular weight is 233 g/mol. The van der Waals surface area contributed by atoms with E-state index in [2.05, 4.69) is 5.32 Å². The van der Waals surface area contributed by atoms with Gasteiger partial charge < -0.3 is 11.1 Å². The molecule has 1 rings (SSSR count). The number of hydrogen-bond acceptors (Lipinski definition) is 2. The summed E-state index contributed by atoms with van der Waals surface area (Å²) >= 11 is 0. The van der Waals surface area contributed by atoms with E-state index in [1.807, 2.05) is 6.92 Å². The summed E-state index contributed by atoms with van der Waals surface area (Å²) in [6, 6.07) is 0.0722. The van der Waals surface area contributed by atoms with Crippen LogP contribution >= 0.6 is 12.4 Å². The van der Waals surface area contributed by atoms with Crippen molar-refractivity contribution in [2.24, 2.45) is 5.73 Å². The van der Waals surface area contributed by atoms with Crippen LogP contribution in [0.5, 0.6) is 0 Å². The maximum Gasteiger partial charge on any atom is 0.244 e. The number of carbonyl (C=O) groups is 1. The molecule has 0 aliphatic heterocycles. The maximum atomic E-state index is 11.4. The Morgan fingerprint density at radius 2 is 2.07 bits per heavy atom. The monoisotopic (exact) mass is 232 g/mol. The van der Waals surface area contributed by atoms with E-state index in [9.17, 15) is 4.79 Å². The molecule has 0 saturated heterocycles. The molecule has 1 aliphatic carbocycles. The van der Waals surface area contributed by atoms with E-state index < -0.39 is 0 Å². The van der Waals surface area contributed by atoms with Crippen LogP contribution in [0.4, 0.5) is 0 Å². The number of carbonyl (C=O) groups excluding carboxylic acids is 1. The van der Waals surface area contributed by atoms with Gasteiger partial charge in [0.25, 0.3) is 0 Å². The Hall–Kier alpha value is -0.540. The first-order valence-electron chi connectivity index (χ1n) is 5.42. The predicted molar refractivity (Wildman–Crippen MR) is 65.1 cm³/mol. The molecule has 15 heavy (non-hydrogen) atoms. The first kappa shape index (κ1) is 14.5. The highest BCUT2D eigenvalue weighted by molar-refractivity contribution is 5.88. The summed E-state index contributed by atoms with van der Waals surface area (Å²) in [7, 11) is 0. The van der Waals surface area contributed by atoms with Crippen LogP contribution in [0.3, 0.4) is 0 Å². The van der Waals surface area contributed by atoms with Crippen molar-refractivity contribution in [2.75, 3.05) is 6.54 Å². The van der Waals surface area contributed by atoms with Crippen LogP contribution in [0.1, 0.15) is 39.0 Å². The number of rotatable bonds is 3. The SMILES string of the molecule is C[C@@H](CN)NC(=O)C=C1CCCCC1.Cl. The van der Waals surface area contributed by atoms with Crippen LogP contribution in [0.15, 0.2) is 11.6 Å². The lowest BCUT2D eigenvalue weighted by atomic mass is 9.94. The molecule has 1 amide bonds. The zero-order valence-electron chi connectivity index (χ0n) is 9.29. The Labute approximate surface area is 97.9 Å². The molecule has 1 aliphatic rings.